The minimum absolute atomic E-state index is 0.0962. The third kappa shape index (κ3) is 5.70. The Morgan fingerprint density at radius 2 is 1.48 bits per heavy atom. The van der Waals surface area contributed by atoms with Crippen LogP contribution in [0.25, 0.3) is 6.08 Å². The molecule has 4 nitrogen and oxygen atoms in total. The summed E-state index contributed by atoms with van der Waals surface area (Å²) in [6.45, 7) is 0. The molecular formula is C23H20FNO3S. The first-order chi connectivity index (χ1) is 14.0. The zero-order chi connectivity index (χ0) is 20.7. The highest BCUT2D eigenvalue weighted by Gasteiger charge is 2.22. The van der Waals surface area contributed by atoms with Crippen molar-refractivity contribution in [2.45, 2.75) is 17.4 Å². The van der Waals surface area contributed by atoms with Gasteiger partial charge in [0.05, 0.1) is 10.9 Å². The third-order valence-corrected chi connectivity index (χ3v) is 5.80. The Bertz CT molecular complexity index is 1100. The van der Waals surface area contributed by atoms with Crippen LogP contribution in [-0.2, 0) is 14.8 Å². The zero-order valence-electron chi connectivity index (χ0n) is 15.5. The molecule has 0 aromatic heterocycles. The van der Waals surface area contributed by atoms with Crippen LogP contribution in [0.3, 0.4) is 0 Å². The third-order valence-electron chi connectivity index (χ3n) is 4.31. The molecule has 0 radical (unpaired) electrons. The topological polar surface area (TPSA) is 63.2 Å². The summed E-state index contributed by atoms with van der Waals surface area (Å²) in [6, 6.07) is 22.2. The standard InChI is InChI=1S/C23H20FNO3S/c24-22-14-8-7-9-18(22)15-16-20(26)17-23(19-10-3-1-4-11-19)25-29(27,28)21-12-5-2-6-13-21/h1-16,23,25H,17H2. The lowest BCUT2D eigenvalue weighted by molar-refractivity contribution is -0.114. The molecule has 6 heteroatoms. The first kappa shape index (κ1) is 20.6. The predicted octanol–water partition coefficient (Wildman–Crippen LogP) is 4.52. The van der Waals surface area contributed by atoms with E-state index in [0.29, 0.717) is 11.1 Å². The molecular weight excluding hydrogens is 389 g/mol. The fourth-order valence-electron chi connectivity index (χ4n) is 2.83. The van der Waals surface area contributed by atoms with Gasteiger partial charge in [0.2, 0.25) is 10.0 Å². The van der Waals surface area contributed by atoms with Crippen LogP contribution >= 0.6 is 0 Å². The van der Waals surface area contributed by atoms with Crippen molar-refractivity contribution < 1.29 is 17.6 Å². The fourth-order valence-corrected chi connectivity index (χ4v) is 4.08. The molecule has 3 rings (SSSR count). The summed E-state index contributed by atoms with van der Waals surface area (Å²) in [5, 5.41) is 0. The molecule has 29 heavy (non-hydrogen) atoms. The number of carbonyl (C=O) groups excluding carboxylic acids is 1. The van der Waals surface area contributed by atoms with Gasteiger partial charge in [0, 0.05) is 12.0 Å². The minimum atomic E-state index is -3.81. The van der Waals surface area contributed by atoms with E-state index in [1.54, 1.807) is 60.7 Å². The van der Waals surface area contributed by atoms with Crippen LogP contribution < -0.4 is 4.72 Å². The maximum absolute atomic E-state index is 13.7. The van der Waals surface area contributed by atoms with E-state index < -0.39 is 21.9 Å². The van der Waals surface area contributed by atoms with E-state index in [-0.39, 0.29) is 17.1 Å². The molecule has 3 aromatic rings. The number of rotatable bonds is 8. The zero-order valence-corrected chi connectivity index (χ0v) is 16.3. The molecule has 0 bridgehead atoms. The smallest absolute Gasteiger partial charge is 0.241 e. The monoisotopic (exact) mass is 409 g/mol. The van der Waals surface area contributed by atoms with Crippen molar-refractivity contribution in [2.24, 2.45) is 0 Å². The van der Waals surface area contributed by atoms with Gasteiger partial charge in [0.25, 0.3) is 0 Å². The van der Waals surface area contributed by atoms with Gasteiger partial charge >= 0.3 is 0 Å². The molecule has 0 heterocycles. The Labute approximate surface area is 169 Å². The quantitative estimate of drug-likeness (QED) is 0.557. The molecule has 1 atom stereocenters. The van der Waals surface area contributed by atoms with Gasteiger partial charge in [-0.15, -0.1) is 0 Å². The summed E-state index contributed by atoms with van der Waals surface area (Å²) in [5.74, 6) is -0.751. The molecule has 0 aliphatic carbocycles. The van der Waals surface area contributed by atoms with Crippen LogP contribution in [0.4, 0.5) is 4.39 Å². The maximum Gasteiger partial charge on any atom is 0.241 e. The van der Waals surface area contributed by atoms with Crippen molar-refractivity contribution >= 4 is 21.9 Å². The van der Waals surface area contributed by atoms with Gasteiger partial charge in [-0.1, -0.05) is 66.7 Å². The number of nitrogens with one attached hydrogen (secondary N) is 1. The number of benzene rings is 3. The van der Waals surface area contributed by atoms with E-state index in [2.05, 4.69) is 4.72 Å². The Hall–Kier alpha value is -3.09. The number of halogens is 1. The van der Waals surface area contributed by atoms with Crippen LogP contribution in [0, 0.1) is 5.82 Å². The lowest BCUT2D eigenvalue weighted by Crippen LogP contribution is -2.30. The number of allylic oxidation sites excluding steroid dienone is 1. The highest BCUT2D eigenvalue weighted by atomic mass is 32.2. The van der Waals surface area contributed by atoms with E-state index in [9.17, 15) is 17.6 Å². The Kier molecular flexibility index (Phi) is 6.69. The van der Waals surface area contributed by atoms with Crippen LogP contribution in [0.15, 0.2) is 95.9 Å². The summed E-state index contributed by atoms with van der Waals surface area (Å²) in [5.41, 5.74) is 0.960. The van der Waals surface area contributed by atoms with E-state index >= 15 is 0 Å². The summed E-state index contributed by atoms with van der Waals surface area (Å²) in [7, 11) is -3.81. The minimum Gasteiger partial charge on any atom is -0.295 e. The Morgan fingerprint density at radius 3 is 2.14 bits per heavy atom. The first-order valence-corrected chi connectivity index (χ1v) is 10.5. The normalized spacial score (nSPS) is 12.7. The summed E-state index contributed by atoms with van der Waals surface area (Å²) in [6.07, 6.45) is 2.57. The molecule has 0 saturated heterocycles. The van der Waals surface area contributed by atoms with E-state index in [1.807, 2.05) is 6.07 Å². The Balaban J connectivity index is 1.81. The second kappa shape index (κ2) is 9.41. The second-order valence-electron chi connectivity index (χ2n) is 6.42. The molecule has 3 aromatic carbocycles. The van der Waals surface area contributed by atoms with Crippen molar-refractivity contribution in [1.29, 1.82) is 0 Å². The van der Waals surface area contributed by atoms with E-state index in [4.69, 9.17) is 0 Å². The number of carbonyl (C=O) groups is 1. The molecule has 0 aliphatic heterocycles. The van der Waals surface area contributed by atoms with Gasteiger partial charge in [0.15, 0.2) is 5.78 Å². The first-order valence-electron chi connectivity index (χ1n) is 9.03. The average Bonchev–Trinajstić information content (AvgIpc) is 2.74. The van der Waals surface area contributed by atoms with Gasteiger partial charge < -0.3 is 0 Å². The lowest BCUT2D eigenvalue weighted by Gasteiger charge is -2.18. The van der Waals surface area contributed by atoms with E-state index in [1.165, 1.54) is 30.4 Å². The molecule has 148 valence electrons. The van der Waals surface area contributed by atoms with Crippen LogP contribution in [0.2, 0.25) is 0 Å². The van der Waals surface area contributed by atoms with Crippen molar-refractivity contribution in [3.8, 4) is 0 Å². The highest BCUT2D eigenvalue weighted by Crippen LogP contribution is 2.21. The van der Waals surface area contributed by atoms with Crippen molar-refractivity contribution in [1.82, 2.24) is 4.72 Å². The Morgan fingerprint density at radius 1 is 0.897 bits per heavy atom. The lowest BCUT2D eigenvalue weighted by atomic mass is 10.0. The summed E-state index contributed by atoms with van der Waals surface area (Å²) < 4.78 is 41.8. The molecule has 1 unspecified atom stereocenters. The van der Waals surface area contributed by atoms with Gasteiger partial charge in [0.1, 0.15) is 5.82 Å². The SMILES string of the molecule is O=C(C=Cc1ccccc1F)CC(NS(=O)(=O)c1ccccc1)c1ccccc1. The number of hydrogen-bond donors (Lipinski definition) is 1. The van der Waals surface area contributed by atoms with E-state index in [0.717, 1.165) is 0 Å². The second-order valence-corrected chi connectivity index (χ2v) is 8.14. The van der Waals surface area contributed by atoms with Gasteiger partial charge in [-0.2, -0.15) is 0 Å². The summed E-state index contributed by atoms with van der Waals surface area (Å²) >= 11 is 0. The number of ketones is 1. The molecule has 0 fully saturated rings. The van der Waals surface area contributed by atoms with Gasteiger partial charge in [-0.25, -0.2) is 17.5 Å². The van der Waals surface area contributed by atoms with Crippen molar-refractivity contribution in [3.63, 3.8) is 0 Å². The summed E-state index contributed by atoms with van der Waals surface area (Å²) in [4.78, 5) is 12.6. The van der Waals surface area contributed by atoms with Crippen LogP contribution in [0.1, 0.15) is 23.6 Å². The largest absolute Gasteiger partial charge is 0.295 e. The fraction of sp³-hybridized carbons (Fsp3) is 0.0870. The number of sulfonamides is 1. The molecule has 0 spiro atoms. The molecule has 1 N–H and O–H groups in total. The maximum atomic E-state index is 13.7. The van der Waals surface area contributed by atoms with Gasteiger partial charge in [-0.05, 0) is 35.9 Å². The molecule has 0 saturated carbocycles. The van der Waals surface area contributed by atoms with Crippen LogP contribution in [0.5, 0.6) is 0 Å². The van der Waals surface area contributed by atoms with Gasteiger partial charge in [-0.3, -0.25) is 4.79 Å². The molecule has 0 amide bonds. The molecule has 0 aliphatic rings. The van der Waals surface area contributed by atoms with Crippen molar-refractivity contribution in [3.05, 3.63) is 108 Å². The highest BCUT2D eigenvalue weighted by molar-refractivity contribution is 7.89. The predicted molar refractivity (Wildman–Crippen MR) is 111 cm³/mol. The van der Waals surface area contributed by atoms with Crippen molar-refractivity contribution in [2.75, 3.05) is 0 Å². The van der Waals surface area contributed by atoms with Crippen LogP contribution in [-0.4, -0.2) is 14.2 Å². The average molecular weight is 409 g/mol. The number of hydrogen-bond acceptors (Lipinski definition) is 3.